The number of hydrogen-bond acceptors (Lipinski definition) is 5. The van der Waals surface area contributed by atoms with Crippen LogP contribution in [-0.2, 0) is 11.3 Å². The lowest BCUT2D eigenvalue weighted by Gasteiger charge is -2.30. The number of nitrogens with one attached hydrogen (secondary N) is 1. The van der Waals surface area contributed by atoms with Gasteiger partial charge in [0.15, 0.2) is 0 Å². The van der Waals surface area contributed by atoms with Crippen molar-refractivity contribution in [1.82, 2.24) is 10.3 Å². The third kappa shape index (κ3) is 2.90. The Hall–Kier alpha value is -1.37. The molecule has 0 saturated carbocycles. The third-order valence-electron chi connectivity index (χ3n) is 3.33. The Kier molecular flexibility index (Phi) is 4.35. The second-order valence-electron chi connectivity index (χ2n) is 4.49. The molecule has 0 atom stereocenters. The highest BCUT2D eigenvalue weighted by Gasteiger charge is 2.21. The average molecular weight is 253 g/mol. The first kappa shape index (κ1) is 13.1. The van der Waals surface area contributed by atoms with Crippen molar-refractivity contribution in [3.8, 4) is 0 Å². The third-order valence-corrected chi connectivity index (χ3v) is 3.33. The first-order valence-electron chi connectivity index (χ1n) is 6.07. The zero-order valence-corrected chi connectivity index (χ0v) is 10.5. The van der Waals surface area contributed by atoms with Crippen molar-refractivity contribution < 1.29 is 13.9 Å². The molecule has 18 heavy (non-hydrogen) atoms. The van der Waals surface area contributed by atoms with E-state index < -0.39 is 0 Å². The number of hydrogen-bond donors (Lipinski definition) is 2. The van der Waals surface area contributed by atoms with Crippen molar-refractivity contribution in [2.45, 2.75) is 25.4 Å². The normalized spacial score (nSPS) is 17.1. The minimum absolute atomic E-state index is 0.320. The van der Waals surface area contributed by atoms with Crippen molar-refractivity contribution in [3.05, 3.63) is 23.7 Å². The van der Waals surface area contributed by atoms with Crippen LogP contribution in [0.5, 0.6) is 0 Å². The summed E-state index contributed by atoms with van der Waals surface area (Å²) in [6.07, 6.45) is 3.53. The monoisotopic (exact) mass is 253 g/mol. The molecule has 0 spiro atoms. The van der Waals surface area contributed by atoms with Gasteiger partial charge in [0.25, 0.3) is 5.91 Å². The molecular formula is C12H19N3O3. The summed E-state index contributed by atoms with van der Waals surface area (Å²) in [5.41, 5.74) is 2.62. The number of amides is 1. The van der Waals surface area contributed by atoms with E-state index in [0.717, 1.165) is 26.1 Å². The van der Waals surface area contributed by atoms with Crippen LogP contribution in [0.2, 0.25) is 0 Å². The lowest BCUT2D eigenvalue weighted by atomic mass is 10.1. The number of ether oxygens (including phenoxy) is 1. The van der Waals surface area contributed by atoms with Crippen molar-refractivity contribution in [2.24, 2.45) is 5.84 Å². The molecule has 2 heterocycles. The number of nitrogens with zero attached hydrogens (tertiary/aromatic N) is 1. The number of hydrazine groups is 1. The van der Waals surface area contributed by atoms with Crippen LogP contribution >= 0.6 is 0 Å². The van der Waals surface area contributed by atoms with Gasteiger partial charge in [-0.1, -0.05) is 0 Å². The van der Waals surface area contributed by atoms with Gasteiger partial charge >= 0.3 is 0 Å². The molecule has 2 rings (SSSR count). The zero-order valence-electron chi connectivity index (χ0n) is 10.5. The van der Waals surface area contributed by atoms with E-state index in [1.54, 1.807) is 6.07 Å². The first-order valence-corrected chi connectivity index (χ1v) is 6.07. The summed E-state index contributed by atoms with van der Waals surface area (Å²) in [5.74, 6) is 5.46. The van der Waals surface area contributed by atoms with Crippen LogP contribution < -0.4 is 11.3 Å². The Morgan fingerprint density at radius 2 is 2.28 bits per heavy atom. The van der Waals surface area contributed by atoms with E-state index in [1.165, 1.54) is 6.26 Å². The van der Waals surface area contributed by atoms with E-state index in [1.807, 2.05) is 7.05 Å². The van der Waals surface area contributed by atoms with Gasteiger partial charge in [-0.2, -0.15) is 0 Å². The molecule has 100 valence electrons. The van der Waals surface area contributed by atoms with Gasteiger partial charge in [-0.3, -0.25) is 15.1 Å². The van der Waals surface area contributed by atoms with Gasteiger partial charge in [0.2, 0.25) is 0 Å². The fourth-order valence-electron chi connectivity index (χ4n) is 2.22. The number of carbonyl (C=O) groups is 1. The largest absolute Gasteiger partial charge is 0.467 e. The lowest BCUT2D eigenvalue weighted by molar-refractivity contribution is 0.0386. The van der Waals surface area contributed by atoms with Crippen LogP contribution in [0, 0.1) is 0 Å². The summed E-state index contributed by atoms with van der Waals surface area (Å²) in [5, 5.41) is 0. The number of carbonyl (C=O) groups excluding carboxylic acids is 1. The molecule has 0 aromatic carbocycles. The lowest BCUT2D eigenvalue weighted by Crippen LogP contribution is -2.37. The molecule has 1 aliphatic rings. The molecule has 6 heteroatoms. The smallest absolute Gasteiger partial charge is 0.268 e. The van der Waals surface area contributed by atoms with E-state index in [0.29, 0.717) is 23.9 Å². The van der Waals surface area contributed by atoms with Crippen molar-refractivity contribution in [3.63, 3.8) is 0 Å². The molecule has 0 aliphatic carbocycles. The molecule has 6 nitrogen and oxygen atoms in total. The van der Waals surface area contributed by atoms with Crippen molar-refractivity contribution in [1.29, 1.82) is 0 Å². The fraction of sp³-hybridized carbons (Fsp3) is 0.583. The molecule has 1 fully saturated rings. The van der Waals surface area contributed by atoms with Gasteiger partial charge in [-0.15, -0.1) is 0 Å². The molecule has 1 amide bonds. The van der Waals surface area contributed by atoms with E-state index >= 15 is 0 Å². The van der Waals surface area contributed by atoms with Gasteiger partial charge in [0, 0.05) is 19.3 Å². The molecule has 1 aromatic heterocycles. The van der Waals surface area contributed by atoms with Crippen molar-refractivity contribution >= 4 is 5.91 Å². The first-order chi connectivity index (χ1) is 8.72. The highest BCUT2D eigenvalue weighted by atomic mass is 16.5. The van der Waals surface area contributed by atoms with E-state index in [9.17, 15) is 4.79 Å². The molecule has 1 aromatic rings. The van der Waals surface area contributed by atoms with Crippen LogP contribution in [0.3, 0.4) is 0 Å². The van der Waals surface area contributed by atoms with Gasteiger partial charge < -0.3 is 9.15 Å². The quantitative estimate of drug-likeness (QED) is 0.464. The fourth-order valence-corrected chi connectivity index (χ4v) is 2.22. The summed E-state index contributed by atoms with van der Waals surface area (Å²) in [6.45, 7) is 2.19. The molecule has 1 aliphatic heterocycles. The number of furan rings is 1. The Bertz CT molecular complexity index is 399. The summed E-state index contributed by atoms with van der Waals surface area (Å²) < 4.78 is 10.7. The topological polar surface area (TPSA) is 80.7 Å². The second-order valence-corrected chi connectivity index (χ2v) is 4.49. The van der Waals surface area contributed by atoms with Crippen LogP contribution in [0.15, 0.2) is 16.7 Å². The Morgan fingerprint density at radius 3 is 2.94 bits per heavy atom. The summed E-state index contributed by atoms with van der Waals surface area (Å²) in [6, 6.07) is 2.10. The molecule has 3 N–H and O–H groups in total. The van der Waals surface area contributed by atoms with E-state index in [4.69, 9.17) is 15.0 Å². The molecule has 0 radical (unpaired) electrons. The number of nitrogens with two attached hydrogens (primary N) is 1. The van der Waals surface area contributed by atoms with Crippen molar-refractivity contribution in [2.75, 3.05) is 20.3 Å². The van der Waals surface area contributed by atoms with Crippen LogP contribution in [-0.4, -0.2) is 37.1 Å². The predicted octanol–water partition coefficient (Wildman–Crippen LogP) is 0.494. The van der Waals surface area contributed by atoms with Gasteiger partial charge in [-0.05, 0) is 26.0 Å². The average Bonchev–Trinajstić information content (AvgIpc) is 2.87. The van der Waals surface area contributed by atoms with E-state index in [2.05, 4.69) is 10.3 Å². The number of rotatable bonds is 4. The summed E-state index contributed by atoms with van der Waals surface area (Å²) >= 11 is 0. The maximum absolute atomic E-state index is 11.5. The van der Waals surface area contributed by atoms with Crippen LogP contribution in [0.4, 0.5) is 0 Å². The Balaban J connectivity index is 2.00. The minimum Gasteiger partial charge on any atom is -0.467 e. The zero-order chi connectivity index (χ0) is 13.0. The molecule has 0 bridgehead atoms. The maximum Gasteiger partial charge on any atom is 0.268 e. The van der Waals surface area contributed by atoms with Crippen LogP contribution in [0.25, 0.3) is 0 Å². The van der Waals surface area contributed by atoms with E-state index in [-0.39, 0.29) is 5.91 Å². The Morgan fingerprint density at radius 1 is 1.56 bits per heavy atom. The standard InChI is InChI=1S/C12H19N3O3/c1-15(9-2-5-17-6-3-9)8-11-10(4-7-18-11)12(16)14-13/h4,7,9H,2-3,5-6,8,13H2,1H3,(H,14,16). The SMILES string of the molecule is CN(Cc1occc1C(=O)NN)C1CCOCC1. The minimum atomic E-state index is -0.320. The number of nitrogen functional groups attached to an aromatic ring is 1. The second kappa shape index (κ2) is 5.99. The maximum atomic E-state index is 11.5. The van der Waals surface area contributed by atoms with Gasteiger partial charge in [0.1, 0.15) is 5.76 Å². The predicted molar refractivity (Wildman–Crippen MR) is 65.7 cm³/mol. The highest BCUT2D eigenvalue weighted by molar-refractivity contribution is 5.94. The van der Waals surface area contributed by atoms with Gasteiger partial charge in [0.05, 0.1) is 18.4 Å². The molecular weight excluding hydrogens is 234 g/mol. The van der Waals surface area contributed by atoms with Gasteiger partial charge in [-0.25, -0.2) is 5.84 Å². The molecule has 1 saturated heterocycles. The Labute approximate surface area is 106 Å². The molecule has 0 unspecified atom stereocenters. The van der Waals surface area contributed by atoms with Crippen LogP contribution in [0.1, 0.15) is 29.0 Å². The highest BCUT2D eigenvalue weighted by Crippen LogP contribution is 2.18. The summed E-state index contributed by atoms with van der Waals surface area (Å²) in [4.78, 5) is 13.7. The summed E-state index contributed by atoms with van der Waals surface area (Å²) in [7, 11) is 2.03.